The van der Waals surface area contributed by atoms with Crippen LogP contribution in [0.25, 0.3) is 0 Å². The van der Waals surface area contributed by atoms with Gasteiger partial charge in [0, 0.05) is 0 Å². The summed E-state index contributed by atoms with van der Waals surface area (Å²) in [7, 11) is 0. The largest absolute Gasteiger partial charge is 0.481 e. The lowest BCUT2D eigenvalue weighted by atomic mass is 9.97. The number of carboxylic acid groups (broad SMARTS) is 2. The highest BCUT2D eigenvalue weighted by molar-refractivity contribution is 7.98. The maximum absolute atomic E-state index is 13.6. The molecule has 0 radical (unpaired) electrons. The summed E-state index contributed by atoms with van der Waals surface area (Å²) in [6, 6.07) is -9.87. The molecule has 0 saturated heterocycles. The first-order chi connectivity index (χ1) is 25.2. The number of amides is 7. The van der Waals surface area contributed by atoms with E-state index in [1.807, 2.05) is 0 Å². The predicted octanol–water partition coefficient (Wildman–Crippen LogP) is -3.14. The van der Waals surface area contributed by atoms with E-state index in [-0.39, 0.29) is 12.8 Å². The van der Waals surface area contributed by atoms with Crippen LogP contribution in [-0.4, -0.2) is 142 Å². The molecule has 0 unspecified atom stereocenters. The molecule has 0 fully saturated rings. The standard InChI is InChI=1S/C32H56N8O12S2/c1-7-16(4)25(31(50)36-19(9-11-54-6)28(47)39-24(15(2)3)32(51)52)40-30(49)21(14-41)38-27(46)18(8-10-53-5)35-29(48)20(13-22(34)42)37-26(45)17(33)12-23(43)44/h15-21,24-25,41H,7-14,33H2,1-6H3,(H2,34,42)(H,35,48)(H,36,50)(H,37,45)(H,38,46)(H,39,47)(H,40,49)(H,43,44)(H,51,52)/t16-,17-,18-,19-,20-,21-,24-,25-/m0/s1. The van der Waals surface area contributed by atoms with E-state index in [2.05, 4.69) is 31.9 Å². The molecule has 0 heterocycles. The Morgan fingerprint density at radius 3 is 1.46 bits per heavy atom. The molecule has 0 saturated carbocycles. The van der Waals surface area contributed by atoms with Crippen LogP contribution in [0, 0.1) is 11.8 Å². The molecule has 22 heteroatoms. The van der Waals surface area contributed by atoms with E-state index in [1.165, 1.54) is 23.5 Å². The Kier molecular flexibility index (Phi) is 23.8. The second-order valence-electron chi connectivity index (χ2n) is 12.8. The third-order valence-corrected chi connectivity index (χ3v) is 9.38. The molecule has 0 bridgehead atoms. The summed E-state index contributed by atoms with van der Waals surface area (Å²) in [6.07, 6.45) is 2.48. The van der Waals surface area contributed by atoms with Gasteiger partial charge in [-0.15, -0.1) is 0 Å². The van der Waals surface area contributed by atoms with Crippen molar-refractivity contribution in [3.05, 3.63) is 0 Å². The van der Waals surface area contributed by atoms with Crippen LogP contribution in [0.1, 0.15) is 59.8 Å². The number of primary amides is 1. The molecule has 0 aliphatic heterocycles. The number of thioether (sulfide) groups is 2. The van der Waals surface area contributed by atoms with E-state index in [9.17, 15) is 53.4 Å². The molecule has 13 N–H and O–H groups in total. The van der Waals surface area contributed by atoms with Crippen LogP contribution < -0.4 is 43.4 Å². The normalized spacial score (nSPS) is 15.5. The molecule has 20 nitrogen and oxygen atoms in total. The van der Waals surface area contributed by atoms with E-state index in [0.29, 0.717) is 17.9 Å². The summed E-state index contributed by atoms with van der Waals surface area (Å²) in [6.45, 7) is 5.68. The van der Waals surface area contributed by atoms with Gasteiger partial charge >= 0.3 is 11.9 Å². The van der Waals surface area contributed by atoms with E-state index < -0.39 is 127 Å². The average molecular weight is 809 g/mol. The van der Waals surface area contributed by atoms with Gasteiger partial charge in [-0.3, -0.25) is 38.4 Å². The molecule has 0 spiro atoms. The van der Waals surface area contributed by atoms with Gasteiger partial charge in [-0.1, -0.05) is 34.1 Å². The van der Waals surface area contributed by atoms with E-state index in [1.54, 1.807) is 40.2 Å². The first-order valence-corrected chi connectivity index (χ1v) is 19.9. The summed E-state index contributed by atoms with van der Waals surface area (Å²) < 4.78 is 0. The number of hydrogen-bond donors (Lipinski definition) is 11. The lowest BCUT2D eigenvalue weighted by Gasteiger charge is -2.29. The van der Waals surface area contributed by atoms with E-state index in [0.717, 1.165) is 0 Å². The number of aliphatic hydroxyl groups excluding tert-OH is 1. The minimum atomic E-state index is -1.65. The van der Waals surface area contributed by atoms with Crippen molar-refractivity contribution in [2.75, 3.05) is 30.6 Å². The van der Waals surface area contributed by atoms with Gasteiger partial charge in [0.2, 0.25) is 41.4 Å². The Hall–Kier alpha value is -4.15. The first-order valence-electron chi connectivity index (χ1n) is 17.1. The number of aliphatic carboxylic acids is 2. The Balaban J connectivity index is 6.11. The van der Waals surface area contributed by atoms with Gasteiger partial charge in [-0.05, 0) is 48.7 Å². The number of carboxylic acids is 2. The lowest BCUT2D eigenvalue weighted by Crippen LogP contribution is -2.61. The highest BCUT2D eigenvalue weighted by atomic mass is 32.2. The van der Waals surface area contributed by atoms with Gasteiger partial charge < -0.3 is 58.7 Å². The Morgan fingerprint density at radius 1 is 0.611 bits per heavy atom. The Labute approximate surface area is 322 Å². The van der Waals surface area contributed by atoms with Gasteiger partial charge in [0.1, 0.15) is 36.3 Å². The smallest absolute Gasteiger partial charge is 0.326 e. The maximum Gasteiger partial charge on any atom is 0.326 e. The zero-order chi connectivity index (χ0) is 41.7. The Morgan fingerprint density at radius 2 is 1.04 bits per heavy atom. The topological polar surface area (TPSA) is 339 Å². The van der Waals surface area contributed by atoms with Crippen molar-refractivity contribution in [1.82, 2.24) is 31.9 Å². The lowest BCUT2D eigenvalue weighted by molar-refractivity contribution is -0.143. The van der Waals surface area contributed by atoms with Gasteiger partial charge in [-0.2, -0.15) is 23.5 Å². The van der Waals surface area contributed by atoms with Gasteiger partial charge in [-0.25, -0.2) is 4.79 Å². The second-order valence-corrected chi connectivity index (χ2v) is 14.8. The van der Waals surface area contributed by atoms with Crippen LogP contribution in [0.4, 0.5) is 0 Å². The molecule has 7 amide bonds. The Bertz CT molecular complexity index is 1320. The maximum atomic E-state index is 13.6. The first kappa shape index (κ1) is 49.9. The van der Waals surface area contributed by atoms with Gasteiger partial charge in [0.05, 0.1) is 25.5 Å². The van der Waals surface area contributed by atoms with Crippen molar-refractivity contribution >= 4 is 76.8 Å². The molecule has 0 aliphatic rings. The molecule has 0 aromatic carbocycles. The molecule has 54 heavy (non-hydrogen) atoms. The minimum Gasteiger partial charge on any atom is -0.481 e. The number of hydrogen-bond acceptors (Lipinski definition) is 13. The summed E-state index contributed by atoms with van der Waals surface area (Å²) in [5.74, 6) is -9.45. The number of rotatable bonds is 27. The van der Waals surface area contributed by atoms with Gasteiger partial charge in [0.15, 0.2) is 0 Å². The SMILES string of the molecule is CC[C@H](C)[C@H](NC(=O)[C@H](CO)NC(=O)[C@H](CCSC)NC(=O)[C@H](CC(N)=O)NC(=O)[C@@H](N)CC(=O)O)C(=O)N[C@@H](CCSC)C(=O)N[C@H](C(=O)O)C(C)C. The van der Waals surface area contributed by atoms with Crippen molar-refractivity contribution in [3.8, 4) is 0 Å². The van der Waals surface area contributed by atoms with Crippen molar-refractivity contribution in [2.45, 2.75) is 102 Å². The second kappa shape index (κ2) is 25.8. The summed E-state index contributed by atoms with van der Waals surface area (Å²) in [5, 5.41) is 43.0. The molecule has 0 rings (SSSR count). The fourth-order valence-corrected chi connectivity index (χ4v) is 5.65. The highest BCUT2D eigenvalue weighted by Gasteiger charge is 2.35. The van der Waals surface area contributed by atoms with Crippen LogP contribution in [0.15, 0.2) is 0 Å². The minimum absolute atomic E-state index is 0.0226. The number of aliphatic hydroxyl groups is 1. The van der Waals surface area contributed by atoms with Crippen LogP contribution in [0.3, 0.4) is 0 Å². The molecule has 0 aromatic heterocycles. The fraction of sp³-hybridized carbons (Fsp3) is 0.719. The molecule has 0 aromatic rings. The molecule has 8 atom stereocenters. The zero-order valence-corrected chi connectivity index (χ0v) is 33.0. The predicted molar refractivity (Wildman–Crippen MR) is 201 cm³/mol. The van der Waals surface area contributed by atoms with Crippen LogP contribution in [0.5, 0.6) is 0 Å². The van der Waals surface area contributed by atoms with Crippen molar-refractivity contribution in [3.63, 3.8) is 0 Å². The van der Waals surface area contributed by atoms with Crippen LogP contribution >= 0.6 is 23.5 Å². The molecule has 0 aliphatic carbocycles. The third-order valence-electron chi connectivity index (χ3n) is 8.10. The zero-order valence-electron chi connectivity index (χ0n) is 31.3. The number of nitrogens with two attached hydrogens (primary N) is 2. The summed E-state index contributed by atoms with van der Waals surface area (Å²) >= 11 is 2.69. The molecular weight excluding hydrogens is 753 g/mol. The summed E-state index contributed by atoms with van der Waals surface area (Å²) in [5.41, 5.74) is 10.8. The summed E-state index contributed by atoms with van der Waals surface area (Å²) in [4.78, 5) is 113. The van der Waals surface area contributed by atoms with Crippen LogP contribution in [-0.2, 0) is 43.2 Å². The number of carbonyl (C=O) groups excluding carboxylic acids is 7. The van der Waals surface area contributed by atoms with Crippen molar-refractivity contribution < 1.29 is 58.5 Å². The average Bonchev–Trinajstić information content (AvgIpc) is 3.09. The monoisotopic (exact) mass is 808 g/mol. The van der Waals surface area contributed by atoms with Crippen molar-refractivity contribution in [2.24, 2.45) is 23.3 Å². The fourth-order valence-electron chi connectivity index (χ4n) is 4.70. The van der Waals surface area contributed by atoms with Crippen LogP contribution in [0.2, 0.25) is 0 Å². The highest BCUT2D eigenvalue weighted by Crippen LogP contribution is 2.12. The van der Waals surface area contributed by atoms with Crippen molar-refractivity contribution in [1.29, 1.82) is 0 Å². The van der Waals surface area contributed by atoms with E-state index >= 15 is 0 Å². The quantitative estimate of drug-likeness (QED) is 0.0391. The molecule has 308 valence electrons. The number of carbonyl (C=O) groups is 9. The van der Waals surface area contributed by atoms with E-state index in [4.69, 9.17) is 16.6 Å². The number of nitrogens with one attached hydrogen (secondary N) is 6. The van der Waals surface area contributed by atoms with Gasteiger partial charge in [0.25, 0.3) is 0 Å². The third kappa shape index (κ3) is 18.3. The molecular formula is C32H56N8O12S2.